The molecule has 2 aromatic carbocycles. The number of carbonyl (C=O) groups is 3. The van der Waals surface area contributed by atoms with Crippen LogP contribution in [0.4, 0.5) is 0 Å². The Morgan fingerprint density at radius 2 is 1.71 bits per heavy atom. The van der Waals surface area contributed by atoms with Gasteiger partial charge in [0.25, 0.3) is 0 Å². The van der Waals surface area contributed by atoms with Crippen LogP contribution in [0, 0.1) is 0 Å². The van der Waals surface area contributed by atoms with Gasteiger partial charge in [-0.05, 0) is 29.7 Å². The molecule has 0 aliphatic heterocycles. The van der Waals surface area contributed by atoms with Crippen LogP contribution >= 0.6 is 0 Å². The molecule has 1 atom stereocenters. The SMILES string of the molecule is COc1ccc(C(NC(=O)CN(CCc2ccccc2)C(C)=O)C(=O)O)cc1. The number of hydrogen-bond donors (Lipinski definition) is 2. The summed E-state index contributed by atoms with van der Waals surface area (Å²) in [4.78, 5) is 37.3. The highest BCUT2D eigenvalue weighted by Crippen LogP contribution is 2.18. The van der Waals surface area contributed by atoms with E-state index in [0.717, 1.165) is 5.56 Å². The average molecular weight is 384 g/mol. The van der Waals surface area contributed by atoms with Crippen LogP contribution in [0.3, 0.4) is 0 Å². The van der Waals surface area contributed by atoms with Crippen molar-refractivity contribution in [2.24, 2.45) is 0 Å². The van der Waals surface area contributed by atoms with E-state index in [1.807, 2.05) is 30.3 Å². The van der Waals surface area contributed by atoms with E-state index in [0.29, 0.717) is 24.3 Å². The molecule has 0 heterocycles. The van der Waals surface area contributed by atoms with Crippen molar-refractivity contribution >= 4 is 17.8 Å². The Morgan fingerprint density at radius 1 is 1.07 bits per heavy atom. The maximum atomic E-state index is 12.4. The fraction of sp³-hybridized carbons (Fsp3) is 0.286. The second-order valence-electron chi connectivity index (χ2n) is 6.29. The Labute approximate surface area is 163 Å². The fourth-order valence-corrected chi connectivity index (χ4v) is 2.72. The molecule has 2 rings (SSSR count). The smallest absolute Gasteiger partial charge is 0.330 e. The number of ether oxygens (including phenoxy) is 1. The van der Waals surface area contributed by atoms with E-state index in [-0.39, 0.29) is 12.5 Å². The summed E-state index contributed by atoms with van der Waals surface area (Å²) in [5.41, 5.74) is 1.47. The molecule has 0 fully saturated rings. The molecule has 0 aliphatic rings. The summed E-state index contributed by atoms with van der Waals surface area (Å²) in [5.74, 6) is -1.38. The van der Waals surface area contributed by atoms with Crippen molar-refractivity contribution in [3.8, 4) is 5.75 Å². The largest absolute Gasteiger partial charge is 0.497 e. The molecule has 2 N–H and O–H groups in total. The van der Waals surface area contributed by atoms with E-state index >= 15 is 0 Å². The Hall–Kier alpha value is -3.35. The molecule has 0 radical (unpaired) electrons. The average Bonchev–Trinajstić information content (AvgIpc) is 2.69. The van der Waals surface area contributed by atoms with Crippen molar-refractivity contribution in [1.82, 2.24) is 10.2 Å². The van der Waals surface area contributed by atoms with Gasteiger partial charge in [0, 0.05) is 13.5 Å². The van der Waals surface area contributed by atoms with Gasteiger partial charge in [-0.15, -0.1) is 0 Å². The van der Waals surface area contributed by atoms with Crippen LogP contribution in [0.2, 0.25) is 0 Å². The van der Waals surface area contributed by atoms with Gasteiger partial charge in [-0.3, -0.25) is 9.59 Å². The van der Waals surface area contributed by atoms with Gasteiger partial charge in [-0.1, -0.05) is 42.5 Å². The highest BCUT2D eigenvalue weighted by Gasteiger charge is 2.23. The molecular formula is C21H24N2O5. The quantitative estimate of drug-likeness (QED) is 0.690. The minimum absolute atomic E-state index is 0.206. The van der Waals surface area contributed by atoms with Crippen LogP contribution < -0.4 is 10.1 Å². The van der Waals surface area contributed by atoms with Crippen molar-refractivity contribution < 1.29 is 24.2 Å². The van der Waals surface area contributed by atoms with Crippen LogP contribution in [0.1, 0.15) is 24.1 Å². The molecule has 0 aliphatic carbocycles. The van der Waals surface area contributed by atoms with Crippen molar-refractivity contribution in [2.45, 2.75) is 19.4 Å². The molecule has 1 unspecified atom stereocenters. The first-order chi connectivity index (χ1) is 13.4. The van der Waals surface area contributed by atoms with E-state index in [9.17, 15) is 19.5 Å². The van der Waals surface area contributed by atoms with Crippen LogP contribution in [-0.2, 0) is 20.8 Å². The number of aliphatic carboxylic acids is 1. The summed E-state index contributed by atoms with van der Waals surface area (Å²) in [7, 11) is 1.51. The van der Waals surface area contributed by atoms with Crippen LogP contribution in [0.25, 0.3) is 0 Å². The third-order valence-corrected chi connectivity index (χ3v) is 4.29. The maximum Gasteiger partial charge on any atom is 0.330 e. The van der Waals surface area contributed by atoms with Gasteiger partial charge in [0.1, 0.15) is 5.75 Å². The molecule has 148 valence electrons. The summed E-state index contributed by atoms with van der Waals surface area (Å²) >= 11 is 0. The second kappa shape index (κ2) is 10.1. The number of carbonyl (C=O) groups excluding carboxylic acids is 2. The van der Waals surface area contributed by atoms with Gasteiger partial charge in [0.2, 0.25) is 11.8 Å². The van der Waals surface area contributed by atoms with Crippen LogP contribution in [0.15, 0.2) is 54.6 Å². The van der Waals surface area contributed by atoms with Gasteiger partial charge in [0.05, 0.1) is 13.7 Å². The molecule has 0 saturated carbocycles. The highest BCUT2D eigenvalue weighted by atomic mass is 16.5. The number of benzene rings is 2. The normalized spacial score (nSPS) is 11.4. The predicted octanol–water partition coefficient (Wildman–Crippen LogP) is 2.03. The zero-order valence-corrected chi connectivity index (χ0v) is 15.9. The first-order valence-electron chi connectivity index (χ1n) is 8.86. The third-order valence-electron chi connectivity index (χ3n) is 4.29. The number of rotatable bonds is 9. The summed E-state index contributed by atoms with van der Waals surface area (Å²) in [5, 5.41) is 12.0. The van der Waals surface area contributed by atoms with Crippen LogP contribution in [0.5, 0.6) is 5.75 Å². The highest BCUT2D eigenvalue weighted by molar-refractivity contribution is 5.88. The molecule has 2 amide bonds. The Kier molecular flexibility index (Phi) is 7.56. The third kappa shape index (κ3) is 6.12. The molecule has 2 aromatic rings. The summed E-state index contributed by atoms with van der Waals surface area (Å²) in [6.07, 6.45) is 0.606. The summed E-state index contributed by atoms with van der Waals surface area (Å²) < 4.78 is 5.05. The fourth-order valence-electron chi connectivity index (χ4n) is 2.72. The number of carboxylic acids is 1. The second-order valence-corrected chi connectivity index (χ2v) is 6.29. The molecule has 28 heavy (non-hydrogen) atoms. The lowest BCUT2D eigenvalue weighted by Gasteiger charge is -2.22. The van der Waals surface area contributed by atoms with E-state index in [1.54, 1.807) is 24.3 Å². The molecule has 7 heteroatoms. The van der Waals surface area contributed by atoms with Crippen molar-refractivity contribution in [1.29, 1.82) is 0 Å². The van der Waals surface area contributed by atoms with Crippen molar-refractivity contribution in [3.63, 3.8) is 0 Å². The molecule has 0 spiro atoms. The van der Waals surface area contributed by atoms with Gasteiger partial charge in [0.15, 0.2) is 6.04 Å². The number of carboxylic acid groups (broad SMARTS) is 1. The standard InChI is InChI=1S/C21H24N2O5/c1-15(24)23(13-12-16-6-4-3-5-7-16)14-19(25)22-20(21(26)27)17-8-10-18(28-2)11-9-17/h3-11,20H,12-14H2,1-2H3,(H,22,25)(H,26,27). The topological polar surface area (TPSA) is 95.9 Å². The lowest BCUT2D eigenvalue weighted by molar-refractivity contribution is -0.142. The van der Waals surface area contributed by atoms with Gasteiger partial charge < -0.3 is 20.1 Å². The molecule has 0 aromatic heterocycles. The minimum atomic E-state index is -1.21. The molecule has 7 nitrogen and oxygen atoms in total. The predicted molar refractivity (Wildman–Crippen MR) is 104 cm³/mol. The van der Waals surface area contributed by atoms with Crippen LogP contribution in [-0.4, -0.2) is 48.0 Å². The number of nitrogens with one attached hydrogen (secondary N) is 1. The number of methoxy groups -OCH3 is 1. The first kappa shape index (κ1) is 21.0. The monoisotopic (exact) mass is 384 g/mol. The van der Waals surface area contributed by atoms with Gasteiger partial charge in [-0.25, -0.2) is 4.79 Å². The Morgan fingerprint density at radius 3 is 2.25 bits per heavy atom. The minimum Gasteiger partial charge on any atom is -0.497 e. The summed E-state index contributed by atoms with van der Waals surface area (Å²) in [6.45, 7) is 1.55. The van der Waals surface area contributed by atoms with Gasteiger partial charge in [-0.2, -0.15) is 0 Å². The zero-order chi connectivity index (χ0) is 20.5. The zero-order valence-electron chi connectivity index (χ0n) is 15.9. The van der Waals surface area contributed by atoms with E-state index in [2.05, 4.69) is 5.32 Å². The Bertz CT molecular complexity index is 805. The maximum absolute atomic E-state index is 12.4. The molecular weight excluding hydrogens is 360 g/mol. The number of hydrogen-bond acceptors (Lipinski definition) is 4. The van der Waals surface area contributed by atoms with E-state index in [1.165, 1.54) is 18.9 Å². The van der Waals surface area contributed by atoms with Crippen molar-refractivity contribution in [2.75, 3.05) is 20.2 Å². The van der Waals surface area contributed by atoms with Gasteiger partial charge >= 0.3 is 5.97 Å². The summed E-state index contributed by atoms with van der Waals surface area (Å²) in [6, 6.07) is 14.8. The number of amides is 2. The first-order valence-corrected chi connectivity index (χ1v) is 8.86. The molecule has 0 bridgehead atoms. The lowest BCUT2D eigenvalue weighted by Crippen LogP contribution is -2.43. The van der Waals surface area contributed by atoms with Crippen molar-refractivity contribution in [3.05, 3.63) is 65.7 Å². The molecule has 0 saturated heterocycles. The Balaban J connectivity index is 2.00. The van der Waals surface area contributed by atoms with E-state index < -0.39 is 17.9 Å². The number of nitrogens with zero attached hydrogens (tertiary/aromatic N) is 1. The van der Waals surface area contributed by atoms with E-state index in [4.69, 9.17) is 4.74 Å². The lowest BCUT2D eigenvalue weighted by atomic mass is 10.1.